The van der Waals surface area contributed by atoms with Crippen LogP contribution in [0.2, 0.25) is 0 Å². The summed E-state index contributed by atoms with van der Waals surface area (Å²) < 4.78 is 0. The molecular formula is C16H23N3O2. The molecule has 0 unspecified atom stereocenters. The summed E-state index contributed by atoms with van der Waals surface area (Å²) in [7, 11) is 0. The molecule has 21 heavy (non-hydrogen) atoms. The van der Waals surface area contributed by atoms with Gasteiger partial charge in [0.25, 0.3) is 5.91 Å². The van der Waals surface area contributed by atoms with E-state index in [1.165, 1.54) is 12.8 Å². The number of nitrogens with one attached hydrogen (secondary N) is 1. The molecule has 114 valence electrons. The Morgan fingerprint density at radius 3 is 2.29 bits per heavy atom. The lowest BCUT2D eigenvalue weighted by atomic mass is 10.2. The van der Waals surface area contributed by atoms with Crippen molar-refractivity contribution >= 4 is 17.5 Å². The molecular weight excluding hydrogens is 266 g/mol. The van der Waals surface area contributed by atoms with E-state index < -0.39 is 0 Å². The summed E-state index contributed by atoms with van der Waals surface area (Å²) in [6.07, 6.45) is 4.95. The van der Waals surface area contributed by atoms with E-state index in [-0.39, 0.29) is 11.8 Å². The Hall–Kier alpha value is -2.04. The number of anilines is 1. The van der Waals surface area contributed by atoms with Crippen LogP contribution in [0.1, 0.15) is 42.5 Å². The highest BCUT2D eigenvalue weighted by molar-refractivity contribution is 5.94. The predicted octanol–water partition coefficient (Wildman–Crippen LogP) is 1.79. The summed E-state index contributed by atoms with van der Waals surface area (Å²) in [5.41, 5.74) is 6.77. The van der Waals surface area contributed by atoms with Crippen molar-refractivity contribution in [2.75, 3.05) is 25.4 Å². The van der Waals surface area contributed by atoms with Crippen LogP contribution in [0.4, 0.5) is 5.69 Å². The fourth-order valence-corrected chi connectivity index (χ4v) is 2.50. The molecule has 0 radical (unpaired) electrons. The van der Waals surface area contributed by atoms with Crippen LogP contribution < -0.4 is 11.1 Å². The molecule has 1 fully saturated rings. The number of benzene rings is 1. The number of hydrogen-bond acceptors (Lipinski definition) is 3. The molecule has 5 heteroatoms. The number of carbonyl (C=O) groups excluding carboxylic acids is 2. The molecule has 0 atom stereocenters. The predicted molar refractivity (Wildman–Crippen MR) is 82.9 cm³/mol. The number of likely N-dealkylation sites (tertiary alicyclic amines) is 1. The number of carbonyl (C=O) groups is 2. The Bertz CT molecular complexity index is 477. The molecule has 1 aliphatic heterocycles. The summed E-state index contributed by atoms with van der Waals surface area (Å²) in [5, 5.41) is 2.78. The molecule has 1 heterocycles. The van der Waals surface area contributed by atoms with Crippen LogP contribution in [0.5, 0.6) is 0 Å². The van der Waals surface area contributed by atoms with Crippen LogP contribution >= 0.6 is 0 Å². The van der Waals surface area contributed by atoms with Crippen molar-refractivity contribution in [1.29, 1.82) is 0 Å². The second kappa shape index (κ2) is 7.67. The minimum atomic E-state index is -0.168. The molecule has 1 aromatic rings. The van der Waals surface area contributed by atoms with Gasteiger partial charge in [-0.25, -0.2) is 0 Å². The number of hydrogen-bond donors (Lipinski definition) is 2. The molecule has 0 aliphatic carbocycles. The molecule has 0 aromatic heterocycles. The first-order valence-corrected chi connectivity index (χ1v) is 7.58. The maximum atomic E-state index is 12.1. The van der Waals surface area contributed by atoms with Gasteiger partial charge in [-0.3, -0.25) is 9.59 Å². The lowest BCUT2D eigenvalue weighted by Gasteiger charge is -2.20. The maximum absolute atomic E-state index is 12.1. The topological polar surface area (TPSA) is 75.4 Å². The zero-order valence-corrected chi connectivity index (χ0v) is 12.3. The summed E-state index contributed by atoms with van der Waals surface area (Å²) in [5.74, 6) is -0.0341. The first kappa shape index (κ1) is 15.4. The van der Waals surface area contributed by atoms with E-state index in [0.29, 0.717) is 24.2 Å². The van der Waals surface area contributed by atoms with Gasteiger partial charge in [-0.15, -0.1) is 0 Å². The average molecular weight is 289 g/mol. The first-order chi connectivity index (χ1) is 10.2. The second-order valence-corrected chi connectivity index (χ2v) is 5.42. The van der Waals surface area contributed by atoms with Gasteiger partial charge in [-0.1, -0.05) is 12.8 Å². The lowest BCUT2D eigenvalue weighted by molar-refractivity contribution is -0.131. The van der Waals surface area contributed by atoms with Crippen molar-refractivity contribution in [1.82, 2.24) is 10.2 Å². The zero-order valence-electron chi connectivity index (χ0n) is 12.3. The van der Waals surface area contributed by atoms with E-state index in [1.54, 1.807) is 24.3 Å². The molecule has 2 rings (SSSR count). The van der Waals surface area contributed by atoms with Gasteiger partial charge in [0.15, 0.2) is 0 Å². The molecule has 3 N–H and O–H groups in total. The van der Waals surface area contributed by atoms with Crippen molar-refractivity contribution in [3.8, 4) is 0 Å². The van der Waals surface area contributed by atoms with Crippen molar-refractivity contribution in [2.45, 2.75) is 32.1 Å². The van der Waals surface area contributed by atoms with Crippen molar-refractivity contribution in [3.63, 3.8) is 0 Å². The fourth-order valence-electron chi connectivity index (χ4n) is 2.50. The number of amides is 2. The molecule has 0 bridgehead atoms. The summed E-state index contributed by atoms with van der Waals surface area (Å²) in [6, 6.07) is 6.75. The molecule has 5 nitrogen and oxygen atoms in total. The van der Waals surface area contributed by atoms with Gasteiger partial charge >= 0.3 is 0 Å². The van der Waals surface area contributed by atoms with Crippen LogP contribution in [0, 0.1) is 0 Å². The molecule has 0 saturated carbocycles. The fraction of sp³-hybridized carbons (Fsp3) is 0.500. The highest BCUT2D eigenvalue weighted by Gasteiger charge is 2.15. The minimum Gasteiger partial charge on any atom is -0.399 e. The average Bonchev–Trinajstić information content (AvgIpc) is 2.77. The van der Waals surface area contributed by atoms with E-state index in [4.69, 9.17) is 5.73 Å². The third kappa shape index (κ3) is 4.77. The van der Waals surface area contributed by atoms with E-state index in [2.05, 4.69) is 5.32 Å². The Labute approximate surface area is 125 Å². The Morgan fingerprint density at radius 2 is 1.67 bits per heavy atom. The quantitative estimate of drug-likeness (QED) is 0.830. The third-order valence-electron chi connectivity index (χ3n) is 3.76. The van der Waals surface area contributed by atoms with Gasteiger partial charge in [0.05, 0.1) is 0 Å². The number of rotatable bonds is 4. The Balaban J connectivity index is 1.74. The molecule has 0 spiro atoms. The van der Waals surface area contributed by atoms with E-state index >= 15 is 0 Å². The van der Waals surface area contributed by atoms with Crippen LogP contribution in [-0.4, -0.2) is 36.3 Å². The first-order valence-electron chi connectivity index (χ1n) is 7.58. The normalized spacial score (nSPS) is 15.3. The monoisotopic (exact) mass is 289 g/mol. The van der Waals surface area contributed by atoms with Crippen LogP contribution in [0.25, 0.3) is 0 Å². The highest BCUT2D eigenvalue weighted by atomic mass is 16.2. The molecule has 2 amide bonds. The zero-order chi connectivity index (χ0) is 15.1. The smallest absolute Gasteiger partial charge is 0.251 e. The number of nitrogens with two attached hydrogens (primary N) is 1. The summed E-state index contributed by atoms with van der Waals surface area (Å²) >= 11 is 0. The number of nitrogen functional groups attached to an aromatic ring is 1. The SMILES string of the molecule is Nc1ccc(C(=O)NCCC(=O)N2CCCCCC2)cc1. The Morgan fingerprint density at radius 1 is 1.05 bits per heavy atom. The van der Waals surface area contributed by atoms with Crippen LogP contribution in [0.15, 0.2) is 24.3 Å². The molecule has 1 saturated heterocycles. The van der Waals surface area contributed by atoms with Gasteiger partial charge in [0, 0.05) is 37.3 Å². The Kier molecular flexibility index (Phi) is 5.60. The third-order valence-corrected chi connectivity index (χ3v) is 3.76. The van der Waals surface area contributed by atoms with Crippen LogP contribution in [-0.2, 0) is 4.79 Å². The van der Waals surface area contributed by atoms with Crippen LogP contribution in [0.3, 0.4) is 0 Å². The van der Waals surface area contributed by atoms with Crippen molar-refractivity contribution in [3.05, 3.63) is 29.8 Å². The minimum absolute atomic E-state index is 0.134. The van der Waals surface area contributed by atoms with E-state index in [9.17, 15) is 9.59 Å². The van der Waals surface area contributed by atoms with E-state index in [1.807, 2.05) is 4.90 Å². The van der Waals surface area contributed by atoms with Gasteiger partial charge < -0.3 is 16.0 Å². The summed E-state index contributed by atoms with van der Waals surface area (Å²) in [4.78, 5) is 25.9. The van der Waals surface area contributed by atoms with Gasteiger partial charge in [-0.2, -0.15) is 0 Å². The van der Waals surface area contributed by atoms with Crippen molar-refractivity contribution < 1.29 is 9.59 Å². The van der Waals surface area contributed by atoms with Gasteiger partial charge in [-0.05, 0) is 37.1 Å². The molecule has 1 aliphatic rings. The highest BCUT2D eigenvalue weighted by Crippen LogP contribution is 2.10. The van der Waals surface area contributed by atoms with E-state index in [0.717, 1.165) is 25.9 Å². The largest absolute Gasteiger partial charge is 0.399 e. The summed E-state index contributed by atoms with van der Waals surface area (Å²) in [6.45, 7) is 2.08. The maximum Gasteiger partial charge on any atom is 0.251 e. The van der Waals surface area contributed by atoms with Gasteiger partial charge in [0.1, 0.15) is 0 Å². The standard InChI is InChI=1S/C16H23N3O2/c17-14-7-5-13(6-8-14)16(21)18-10-9-15(20)19-11-3-1-2-4-12-19/h5-8H,1-4,9-12,17H2,(H,18,21). The second-order valence-electron chi connectivity index (χ2n) is 5.42. The lowest BCUT2D eigenvalue weighted by Crippen LogP contribution is -2.35. The van der Waals surface area contributed by atoms with Gasteiger partial charge in [0.2, 0.25) is 5.91 Å². The number of nitrogens with zero attached hydrogens (tertiary/aromatic N) is 1. The molecule has 1 aromatic carbocycles. The van der Waals surface area contributed by atoms with Crippen molar-refractivity contribution in [2.24, 2.45) is 0 Å².